The van der Waals surface area contributed by atoms with E-state index >= 15 is 0 Å². The molecule has 1 nitrogen and oxygen atoms in total. The van der Waals surface area contributed by atoms with Gasteiger partial charge in [0.2, 0.25) is 0 Å². The average Bonchev–Trinajstić information content (AvgIpc) is 2.45. The Hall–Kier alpha value is -1.22. The molecule has 2 aromatic carbocycles. The lowest BCUT2D eigenvalue weighted by molar-refractivity contribution is 0.104. The van der Waals surface area contributed by atoms with Gasteiger partial charge in [0.25, 0.3) is 0 Å². The molecule has 0 bridgehead atoms. The molecular weight excluding hydrogens is 311 g/mol. The van der Waals surface area contributed by atoms with Crippen LogP contribution in [0.3, 0.4) is 0 Å². The highest BCUT2D eigenvalue weighted by Gasteiger charge is 2.07. The van der Waals surface area contributed by atoms with E-state index in [1.54, 1.807) is 36.0 Å². The van der Waals surface area contributed by atoms with Crippen molar-refractivity contribution in [3.63, 3.8) is 0 Å². The van der Waals surface area contributed by atoms with Gasteiger partial charge in [-0.25, -0.2) is 0 Å². The van der Waals surface area contributed by atoms with E-state index in [1.807, 2.05) is 30.5 Å². The van der Waals surface area contributed by atoms with Crippen LogP contribution in [0.15, 0.2) is 53.4 Å². The number of halogens is 2. The second kappa shape index (κ2) is 6.98. The van der Waals surface area contributed by atoms with Crippen molar-refractivity contribution in [1.82, 2.24) is 0 Å². The van der Waals surface area contributed by atoms with E-state index in [9.17, 15) is 4.79 Å². The largest absolute Gasteiger partial charge is 0.289 e. The first-order chi connectivity index (χ1) is 9.60. The number of hydrogen-bond acceptors (Lipinski definition) is 2. The van der Waals surface area contributed by atoms with Gasteiger partial charge in [-0.3, -0.25) is 4.79 Å². The van der Waals surface area contributed by atoms with Crippen LogP contribution < -0.4 is 0 Å². The fraction of sp³-hybridized carbons (Fsp3) is 0.0625. The normalized spacial score (nSPS) is 10.9. The lowest BCUT2D eigenvalue weighted by atomic mass is 10.1. The molecule has 20 heavy (non-hydrogen) atoms. The Morgan fingerprint density at radius 1 is 1.10 bits per heavy atom. The van der Waals surface area contributed by atoms with Crippen LogP contribution in [-0.4, -0.2) is 12.0 Å². The van der Waals surface area contributed by atoms with Crippen LogP contribution in [0.2, 0.25) is 10.0 Å². The van der Waals surface area contributed by atoms with Crippen molar-refractivity contribution in [2.45, 2.75) is 4.90 Å². The summed E-state index contributed by atoms with van der Waals surface area (Å²) in [5.41, 5.74) is 1.43. The van der Waals surface area contributed by atoms with Crippen molar-refractivity contribution < 1.29 is 4.79 Å². The summed E-state index contributed by atoms with van der Waals surface area (Å²) in [5.74, 6) is -0.138. The van der Waals surface area contributed by atoms with E-state index in [0.29, 0.717) is 15.6 Å². The minimum absolute atomic E-state index is 0.138. The SMILES string of the molecule is CSc1ccc(/C=C/C(=O)c2ccc(Cl)cc2Cl)cc1. The predicted molar refractivity (Wildman–Crippen MR) is 88.0 cm³/mol. The van der Waals surface area contributed by atoms with E-state index < -0.39 is 0 Å². The summed E-state index contributed by atoms with van der Waals surface area (Å²) in [6.45, 7) is 0. The smallest absolute Gasteiger partial charge is 0.187 e. The Morgan fingerprint density at radius 2 is 1.80 bits per heavy atom. The van der Waals surface area contributed by atoms with Crippen molar-refractivity contribution in [2.24, 2.45) is 0 Å². The lowest BCUT2D eigenvalue weighted by Gasteiger charge is -2.00. The Balaban J connectivity index is 2.15. The molecule has 0 aromatic heterocycles. The molecule has 0 atom stereocenters. The van der Waals surface area contributed by atoms with Gasteiger partial charge in [-0.1, -0.05) is 41.4 Å². The molecule has 0 aliphatic heterocycles. The third-order valence-electron chi connectivity index (χ3n) is 2.74. The van der Waals surface area contributed by atoms with E-state index in [2.05, 4.69) is 0 Å². The number of carbonyl (C=O) groups excluding carboxylic acids is 1. The first-order valence-electron chi connectivity index (χ1n) is 5.91. The van der Waals surface area contributed by atoms with Gasteiger partial charge in [0.05, 0.1) is 5.02 Å². The Kier molecular flexibility index (Phi) is 5.30. The molecule has 2 rings (SSSR count). The summed E-state index contributed by atoms with van der Waals surface area (Å²) >= 11 is 13.5. The van der Waals surface area contributed by atoms with Gasteiger partial charge in [-0.15, -0.1) is 11.8 Å². The van der Waals surface area contributed by atoms with Crippen LogP contribution in [0.25, 0.3) is 6.08 Å². The zero-order valence-corrected chi connectivity index (χ0v) is 13.1. The fourth-order valence-electron chi connectivity index (χ4n) is 1.67. The summed E-state index contributed by atoms with van der Waals surface area (Å²) in [5, 5.41) is 0.882. The van der Waals surface area contributed by atoms with Crippen LogP contribution in [0, 0.1) is 0 Å². The molecule has 0 radical (unpaired) electrons. The topological polar surface area (TPSA) is 17.1 Å². The quantitative estimate of drug-likeness (QED) is 0.413. The van der Waals surface area contributed by atoms with Gasteiger partial charge in [0, 0.05) is 15.5 Å². The van der Waals surface area contributed by atoms with E-state index in [4.69, 9.17) is 23.2 Å². The summed E-state index contributed by atoms with van der Waals surface area (Å²) < 4.78 is 0. The molecule has 0 aliphatic carbocycles. The number of rotatable bonds is 4. The second-order valence-electron chi connectivity index (χ2n) is 4.09. The van der Waals surface area contributed by atoms with Crippen LogP contribution in [-0.2, 0) is 0 Å². The van der Waals surface area contributed by atoms with E-state index in [1.165, 1.54) is 11.0 Å². The Bertz CT molecular complexity index is 648. The highest BCUT2D eigenvalue weighted by molar-refractivity contribution is 7.98. The van der Waals surface area contributed by atoms with Gasteiger partial charge in [-0.05, 0) is 48.2 Å². The van der Waals surface area contributed by atoms with Crippen molar-refractivity contribution in [3.8, 4) is 0 Å². The highest BCUT2D eigenvalue weighted by atomic mass is 35.5. The zero-order valence-electron chi connectivity index (χ0n) is 10.8. The molecule has 0 amide bonds. The second-order valence-corrected chi connectivity index (χ2v) is 5.82. The first kappa shape index (κ1) is 15.2. The lowest BCUT2D eigenvalue weighted by Crippen LogP contribution is -1.95. The maximum atomic E-state index is 12.1. The fourth-order valence-corrected chi connectivity index (χ4v) is 2.58. The third-order valence-corrected chi connectivity index (χ3v) is 4.03. The standard InChI is InChI=1S/C16H12Cl2OS/c1-20-13-6-2-11(3-7-13)4-9-16(19)14-8-5-12(17)10-15(14)18/h2-10H,1H3/b9-4+. The minimum Gasteiger partial charge on any atom is -0.289 e. The van der Waals surface area contributed by atoms with Gasteiger partial charge < -0.3 is 0 Å². The third kappa shape index (κ3) is 3.89. The minimum atomic E-state index is -0.138. The predicted octanol–water partition coefficient (Wildman–Crippen LogP) is 5.61. The molecule has 0 aliphatic rings. The van der Waals surface area contributed by atoms with Crippen molar-refractivity contribution in [2.75, 3.05) is 6.26 Å². The van der Waals surface area contributed by atoms with Crippen molar-refractivity contribution >= 4 is 46.8 Å². The molecule has 2 aromatic rings. The maximum Gasteiger partial charge on any atom is 0.187 e. The summed E-state index contributed by atoms with van der Waals surface area (Å²) in [6, 6.07) is 12.8. The monoisotopic (exact) mass is 322 g/mol. The van der Waals surface area contributed by atoms with Crippen LogP contribution >= 0.6 is 35.0 Å². The average molecular weight is 323 g/mol. The van der Waals surface area contributed by atoms with Gasteiger partial charge >= 0.3 is 0 Å². The molecule has 102 valence electrons. The molecule has 4 heteroatoms. The number of allylic oxidation sites excluding steroid dienone is 1. The van der Waals surface area contributed by atoms with Crippen molar-refractivity contribution in [3.05, 3.63) is 69.7 Å². The molecule has 0 spiro atoms. The molecule has 0 unspecified atom stereocenters. The van der Waals surface area contributed by atoms with Gasteiger partial charge in [0.15, 0.2) is 5.78 Å². The number of carbonyl (C=O) groups is 1. The summed E-state index contributed by atoms with van der Waals surface area (Å²) in [7, 11) is 0. The summed E-state index contributed by atoms with van der Waals surface area (Å²) in [6.07, 6.45) is 5.32. The molecule has 0 saturated carbocycles. The first-order valence-corrected chi connectivity index (χ1v) is 7.90. The van der Waals surface area contributed by atoms with Crippen LogP contribution in [0.4, 0.5) is 0 Å². The van der Waals surface area contributed by atoms with Crippen molar-refractivity contribution in [1.29, 1.82) is 0 Å². The molecule has 0 heterocycles. The number of thioether (sulfide) groups is 1. The molecule has 0 fully saturated rings. The van der Waals surface area contributed by atoms with Crippen LogP contribution in [0.5, 0.6) is 0 Å². The van der Waals surface area contributed by atoms with Gasteiger partial charge in [0.1, 0.15) is 0 Å². The molecule has 0 N–H and O–H groups in total. The van der Waals surface area contributed by atoms with E-state index in [-0.39, 0.29) is 5.78 Å². The Morgan fingerprint density at radius 3 is 2.40 bits per heavy atom. The zero-order chi connectivity index (χ0) is 14.5. The summed E-state index contributed by atoms with van der Waals surface area (Å²) in [4.78, 5) is 13.2. The maximum absolute atomic E-state index is 12.1. The molecule has 0 saturated heterocycles. The highest BCUT2D eigenvalue weighted by Crippen LogP contribution is 2.22. The van der Waals surface area contributed by atoms with Gasteiger partial charge in [-0.2, -0.15) is 0 Å². The van der Waals surface area contributed by atoms with Crippen LogP contribution in [0.1, 0.15) is 15.9 Å². The number of ketones is 1. The molecular formula is C16H12Cl2OS. The Labute approximate surface area is 132 Å². The number of benzene rings is 2. The van der Waals surface area contributed by atoms with E-state index in [0.717, 1.165) is 5.56 Å². The number of hydrogen-bond donors (Lipinski definition) is 0.